The molecular formula is C19H30N4O. The van der Waals surface area contributed by atoms with Gasteiger partial charge in [-0.2, -0.15) is 0 Å². The molecule has 2 fully saturated rings. The third kappa shape index (κ3) is 3.70. The molecule has 2 saturated heterocycles. The lowest BCUT2D eigenvalue weighted by molar-refractivity contribution is 0.0676. The number of aryl methyl sites for hydroxylation is 1. The number of rotatable bonds is 3. The van der Waals surface area contributed by atoms with Gasteiger partial charge in [-0.15, -0.1) is 0 Å². The number of anilines is 1. The first-order chi connectivity index (χ1) is 11.6. The largest absolute Gasteiger partial charge is 0.338 e. The Balaban J connectivity index is 1.84. The molecule has 132 valence electrons. The molecule has 0 radical (unpaired) electrons. The Hall–Kier alpha value is -1.65. The molecule has 3 rings (SSSR count). The fourth-order valence-electron chi connectivity index (χ4n) is 4.02. The number of nitrogens with zero attached hydrogens (tertiary/aromatic N) is 4. The first kappa shape index (κ1) is 17.2. The third-order valence-electron chi connectivity index (χ3n) is 5.36. The van der Waals surface area contributed by atoms with Gasteiger partial charge in [0.2, 0.25) is 5.95 Å². The van der Waals surface area contributed by atoms with Gasteiger partial charge in [-0.05, 0) is 57.4 Å². The predicted molar refractivity (Wildman–Crippen MR) is 96.3 cm³/mol. The molecule has 1 amide bonds. The summed E-state index contributed by atoms with van der Waals surface area (Å²) in [6.45, 7) is 9.10. The van der Waals surface area contributed by atoms with Crippen LogP contribution in [0.5, 0.6) is 0 Å². The Morgan fingerprint density at radius 3 is 2.79 bits per heavy atom. The highest BCUT2D eigenvalue weighted by Gasteiger charge is 2.27. The molecule has 2 aliphatic rings. The normalized spacial score (nSPS) is 25.0. The van der Waals surface area contributed by atoms with Crippen molar-refractivity contribution in [2.24, 2.45) is 5.92 Å². The van der Waals surface area contributed by atoms with E-state index in [1.165, 1.54) is 25.7 Å². The van der Waals surface area contributed by atoms with Crippen molar-refractivity contribution in [3.05, 3.63) is 17.5 Å². The van der Waals surface area contributed by atoms with Gasteiger partial charge in [-0.3, -0.25) is 4.79 Å². The van der Waals surface area contributed by atoms with Gasteiger partial charge in [0.1, 0.15) is 5.69 Å². The Kier molecular flexibility index (Phi) is 5.36. The van der Waals surface area contributed by atoms with Gasteiger partial charge in [0, 0.05) is 31.4 Å². The molecule has 5 heteroatoms. The van der Waals surface area contributed by atoms with Crippen LogP contribution >= 0.6 is 0 Å². The maximum Gasteiger partial charge on any atom is 0.272 e. The van der Waals surface area contributed by atoms with E-state index in [9.17, 15) is 4.79 Å². The number of hydrogen-bond donors (Lipinski definition) is 0. The molecule has 1 aromatic rings. The zero-order valence-corrected chi connectivity index (χ0v) is 15.3. The quantitative estimate of drug-likeness (QED) is 0.852. The summed E-state index contributed by atoms with van der Waals surface area (Å²) < 4.78 is 0. The Labute approximate surface area is 145 Å². The Morgan fingerprint density at radius 1 is 1.21 bits per heavy atom. The van der Waals surface area contributed by atoms with Crippen LogP contribution in [-0.2, 0) is 0 Å². The average molecular weight is 330 g/mol. The van der Waals surface area contributed by atoms with Crippen LogP contribution in [0.1, 0.15) is 68.6 Å². The highest BCUT2D eigenvalue weighted by molar-refractivity contribution is 5.92. The van der Waals surface area contributed by atoms with Crippen molar-refractivity contribution in [1.82, 2.24) is 14.9 Å². The summed E-state index contributed by atoms with van der Waals surface area (Å²) in [4.78, 5) is 26.5. The minimum atomic E-state index is 0.0679. The Morgan fingerprint density at radius 2 is 2.04 bits per heavy atom. The summed E-state index contributed by atoms with van der Waals surface area (Å²) in [6.07, 6.45) is 7.06. The van der Waals surface area contributed by atoms with Crippen molar-refractivity contribution in [2.45, 2.75) is 65.3 Å². The van der Waals surface area contributed by atoms with E-state index in [2.05, 4.69) is 28.7 Å². The monoisotopic (exact) mass is 330 g/mol. The number of amides is 1. The third-order valence-corrected chi connectivity index (χ3v) is 5.36. The van der Waals surface area contributed by atoms with E-state index >= 15 is 0 Å². The molecule has 0 N–H and O–H groups in total. The minimum absolute atomic E-state index is 0.0679. The zero-order valence-electron chi connectivity index (χ0n) is 15.3. The van der Waals surface area contributed by atoms with Gasteiger partial charge < -0.3 is 9.80 Å². The molecule has 0 aliphatic carbocycles. The van der Waals surface area contributed by atoms with Crippen molar-refractivity contribution in [3.8, 4) is 0 Å². The fourth-order valence-corrected chi connectivity index (χ4v) is 4.02. The minimum Gasteiger partial charge on any atom is -0.338 e. The van der Waals surface area contributed by atoms with Crippen molar-refractivity contribution >= 4 is 11.9 Å². The molecular weight excluding hydrogens is 300 g/mol. The lowest BCUT2D eigenvalue weighted by atomic mass is 10.00. The second-order valence-corrected chi connectivity index (χ2v) is 7.44. The number of carbonyl (C=O) groups is 1. The fraction of sp³-hybridized carbons (Fsp3) is 0.737. The van der Waals surface area contributed by atoms with E-state index in [0.29, 0.717) is 17.7 Å². The molecule has 5 nitrogen and oxygen atoms in total. The molecule has 0 aromatic carbocycles. The van der Waals surface area contributed by atoms with Crippen LogP contribution in [0.15, 0.2) is 6.07 Å². The van der Waals surface area contributed by atoms with Gasteiger partial charge >= 0.3 is 0 Å². The molecule has 2 aliphatic heterocycles. The van der Waals surface area contributed by atoms with Crippen molar-refractivity contribution in [1.29, 1.82) is 0 Å². The van der Waals surface area contributed by atoms with Gasteiger partial charge in [-0.25, -0.2) is 9.97 Å². The number of piperidine rings is 2. The van der Waals surface area contributed by atoms with Crippen molar-refractivity contribution in [3.63, 3.8) is 0 Å². The first-order valence-electron chi connectivity index (χ1n) is 9.50. The summed E-state index contributed by atoms with van der Waals surface area (Å²) in [5.41, 5.74) is 1.45. The molecule has 0 saturated carbocycles. The molecule has 0 bridgehead atoms. The van der Waals surface area contributed by atoms with Crippen LogP contribution < -0.4 is 4.90 Å². The van der Waals surface area contributed by atoms with Crippen LogP contribution in [-0.4, -0.2) is 46.5 Å². The second-order valence-electron chi connectivity index (χ2n) is 7.44. The lowest BCUT2D eigenvalue weighted by Crippen LogP contribution is -2.42. The highest BCUT2D eigenvalue weighted by atomic mass is 16.2. The van der Waals surface area contributed by atoms with E-state index in [1.54, 1.807) is 0 Å². The van der Waals surface area contributed by atoms with Crippen LogP contribution in [0.25, 0.3) is 0 Å². The van der Waals surface area contributed by atoms with Gasteiger partial charge in [0.05, 0.1) is 0 Å². The maximum atomic E-state index is 12.9. The molecule has 24 heavy (non-hydrogen) atoms. The standard InChI is InChI=1S/C19H30N4O/c1-4-16-9-5-6-11-23(16)19-20-15(3)12-17(21-19)18(24)22-10-7-8-14(2)13-22/h12,14,16H,4-11,13H2,1-3H3. The summed E-state index contributed by atoms with van der Waals surface area (Å²) >= 11 is 0. The first-order valence-corrected chi connectivity index (χ1v) is 9.50. The number of carbonyl (C=O) groups excluding carboxylic acids is 1. The van der Waals surface area contributed by atoms with E-state index in [-0.39, 0.29) is 5.91 Å². The summed E-state index contributed by atoms with van der Waals surface area (Å²) in [7, 11) is 0. The van der Waals surface area contributed by atoms with E-state index in [0.717, 1.165) is 44.1 Å². The highest BCUT2D eigenvalue weighted by Crippen LogP contribution is 2.25. The molecule has 0 spiro atoms. The summed E-state index contributed by atoms with van der Waals surface area (Å²) in [6, 6.07) is 2.34. The number of hydrogen-bond acceptors (Lipinski definition) is 4. The van der Waals surface area contributed by atoms with Gasteiger partial charge in [0.15, 0.2) is 0 Å². The van der Waals surface area contributed by atoms with E-state index < -0.39 is 0 Å². The zero-order chi connectivity index (χ0) is 17.1. The smallest absolute Gasteiger partial charge is 0.272 e. The number of aromatic nitrogens is 2. The van der Waals surface area contributed by atoms with Gasteiger partial charge in [-0.1, -0.05) is 13.8 Å². The molecule has 3 heterocycles. The molecule has 1 aromatic heterocycles. The topological polar surface area (TPSA) is 49.3 Å². The lowest BCUT2D eigenvalue weighted by Gasteiger charge is -2.35. The van der Waals surface area contributed by atoms with Gasteiger partial charge in [0.25, 0.3) is 5.91 Å². The van der Waals surface area contributed by atoms with E-state index in [1.807, 2.05) is 17.9 Å². The Bertz CT molecular complexity index is 589. The summed E-state index contributed by atoms with van der Waals surface area (Å²) in [5, 5.41) is 0. The van der Waals surface area contributed by atoms with Crippen LogP contribution in [0.4, 0.5) is 5.95 Å². The van der Waals surface area contributed by atoms with Crippen LogP contribution in [0.3, 0.4) is 0 Å². The van der Waals surface area contributed by atoms with Crippen LogP contribution in [0.2, 0.25) is 0 Å². The predicted octanol–water partition coefficient (Wildman–Crippen LogP) is 3.43. The molecule has 2 unspecified atom stereocenters. The summed E-state index contributed by atoms with van der Waals surface area (Å²) in [5.74, 6) is 1.39. The van der Waals surface area contributed by atoms with E-state index in [4.69, 9.17) is 0 Å². The van der Waals surface area contributed by atoms with Crippen LogP contribution in [0, 0.1) is 12.8 Å². The van der Waals surface area contributed by atoms with Crippen molar-refractivity contribution < 1.29 is 4.79 Å². The second kappa shape index (κ2) is 7.49. The average Bonchev–Trinajstić information content (AvgIpc) is 2.60. The SMILES string of the molecule is CCC1CCCCN1c1nc(C)cc(C(=O)N2CCCC(C)C2)n1. The molecule has 2 atom stereocenters. The van der Waals surface area contributed by atoms with Crippen molar-refractivity contribution in [2.75, 3.05) is 24.5 Å². The maximum absolute atomic E-state index is 12.9. The number of likely N-dealkylation sites (tertiary alicyclic amines) is 1.